The number of rotatable bonds is 3. The first kappa shape index (κ1) is 11.0. The van der Waals surface area contributed by atoms with E-state index in [0.29, 0.717) is 5.95 Å². The molecule has 2 N–H and O–H groups in total. The minimum atomic E-state index is 0.344. The van der Waals surface area contributed by atoms with Crippen LogP contribution in [0.25, 0.3) is 11.2 Å². The maximum Gasteiger partial charge on any atom is 0.224 e. The van der Waals surface area contributed by atoms with Crippen LogP contribution in [0.4, 0.5) is 11.8 Å². The summed E-state index contributed by atoms with van der Waals surface area (Å²) in [6, 6.07) is 0. The van der Waals surface area contributed by atoms with E-state index in [4.69, 9.17) is 5.73 Å². The van der Waals surface area contributed by atoms with E-state index in [9.17, 15) is 0 Å². The van der Waals surface area contributed by atoms with Gasteiger partial charge in [0.25, 0.3) is 0 Å². The van der Waals surface area contributed by atoms with Gasteiger partial charge < -0.3 is 15.2 Å². The number of nitrogens with zero attached hydrogens (tertiary/aromatic N) is 5. The summed E-state index contributed by atoms with van der Waals surface area (Å²) >= 11 is 0. The third kappa shape index (κ3) is 1.91. The zero-order chi connectivity index (χ0) is 12.8. The van der Waals surface area contributed by atoms with Crippen LogP contribution < -0.4 is 10.6 Å². The first-order valence-corrected chi connectivity index (χ1v) is 6.88. The predicted octanol–water partition coefficient (Wildman–Crippen LogP) is 1.38. The molecule has 19 heavy (non-hydrogen) atoms. The molecule has 1 aliphatic heterocycles. The monoisotopic (exact) mass is 257 g/mol. The van der Waals surface area contributed by atoms with Crippen molar-refractivity contribution in [1.82, 2.24) is 19.5 Å². The van der Waals surface area contributed by atoms with Gasteiger partial charge >= 0.3 is 0 Å². The third-order valence-electron chi connectivity index (χ3n) is 3.87. The average Bonchev–Trinajstić information content (AvgIpc) is 2.90. The number of hydrogen-bond donors (Lipinski definition) is 1. The number of imidazole rings is 1. The first-order chi connectivity index (χ1) is 9.31. The maximum absolute atomic E-state index is 5.87. The molecule has 0 unspecified atom stereocenters. The van der Waals surface area contributed by atoms with Gasteiger partial charge in [-0.15, -0.1) is 0 Å². The summed E-state index contributed by atoms with van der Waals surface area (Å²) in [6.45, 7) is 3.00. The molecular formula is C13H17N6. The Morgan fingerprint density at radius 2 is 1.95 bits per heavy atom. The van der Waals surface area contributed by atoms with E-state index >= 15 is 0 Å². The largest absolute Gasteiger partial charge is 0.368 e. The third-order valence-corrected chi connectivity index (χ3v) is 3.87. The van der Waals surface area contributed by atoms with Gasteiger partial charge in [0.2, 0.25) is 5.95 Å². The van der Waals surface area contributed by atoms with E-state index in [1.165, 1.54) is 25.7 Å². The Morgan fingerprint density at radius 1 is 1.16 bits per heavy atom. The van der Waals surface area contributed by atoms with Gasteiger partial charge in [-0.05, 0) is 31.6 Å². The van der Waals surface area contributed by atoms with Gasteiger partial charge in [0.15, 0.2) is 17.0 Å². The standard InChI is InChI=1S/C13H17N6/c14-13-16-11(18-5-1-2-6-18)10-12(17-13)19(8-15-10)7-9-3-4-9/h8H,1-7H2,(H2,14,16,17). The number of nitrogens with two attached hydrogens (primary N) is 1. The fourth-order valence-corrected chi connectivity index (χ4v) is 2.70. The summed E-state index contributed by atoms with van der Waals surface area (Å²) in [7, 11) is 0. The second kappa shape index (κ2) is 4.08. The van der Waals surface area contributed by atoms with E-state index in [1.54, 1.807) is 5.92 Å². The lowest BCUT2D eigenvalue weighted by molar-refractivity contribution is 0.778. The maximum atomic E-state index is 5.87. The second-order valence-corrected chi connectivity index (χ2v) is 5.39. The molecule has 0 spiro atoms. The first-order valence-electron chi connectivity index (χ1n) is 6.88. The van der Waals surface area contributed by atoms with Crippen LogP contribution in [-0.2, 0) is 6.54 Å². The average molecular weight is 257 g/mol. The summed E-state index contributed by atoms with van der Waals surface area (Å²) < 4.78 is 2.09. The zero-order valence-corrected chi connectivity index (χ0v) is 10.8. The number of nitrogen functional groups attached to an aromatic ring is 1. The van der Waals surface area contributed by atoms with Crippen molar-refractivity contribution >= 4 is 22.9 Å². The van der Waals surface area contributed by atoms with E-state index in [2.05, 4.69) is 24.4 Å². The highest BCUT2D eigenvalue weighted by Gasteiger charge is 2.25. The Morgan fingerprint density at radius 3 is 2.68 bits per heavy atom. The summed E-state index contributed by atoms with van der Waals surface area (Å²) in [6.07, 6.45) is 6.76. The summed E-state index contributed by atoms with van der Waals surface area (Å²) in [5.41, 5.74) is 7.63. The van der Waals surface area contributed by atoms with Crippen LogP contribution in [0.15, 0.2) is 6.33 Å². The molecule has 3 heterocycles. The Bertz CT molecular complexity index is 609. The Hall–Kier alpha value is -1.85. The van der Waals surface area contributed by atoms with Gasteiger partial charge in [-0.3, -0.25) is 0 Å². The molecule has 4 rings (SSSR count). The van der Waals surface area contributed by atoms with Crippen molar-refractivity contribution in [2.24, 2.45) is 0 Å². The topological polar surface area (TPSA) is 72.9 Å². The minimum Gasteiger partial charge on any atom is -0.368 e. The highest BCUT2D eigenvalue weighted by molar-refractivity contribution is 5.84. The van der Waals surface area contributed by atoms with Crippen molar-refractivity contribution < 1.29 is 0 Å². The normalized spacial score (nSPS) is 19.5. The number of aromatic nitrogens is 4. The molecule has 1 saturated carbocycles. The second-order valence-electron chi connectivity index (χ2n) is 5.39. The van der Waals surface area contributed by atoms with Crippen molar-refractivity contribution in [3.8, 4) is 0 Å². The van der Waals surface area contributed by atoms with Crippen LogP contribution in [0.3, 0.4) is 0 Å². The Labute approximate surface area is 111 Å². The fourth-order valence-electron chi connectivity index (χ4n) is 2.70. The molecule has 6 nitrogen and oxygen atoms in total. The van der Waals surface area contributed by atoms with E-state index in [1.807, 2.05) is 6.33 Å². The van der Waals surface area contributed by atoms with Gasteiger partial charge in [-0.2, -0.15) is 9.97 Å². The molecule has 2 aromatic heterocycles. The van der Waals surface area contributed by atoms with Gasteiger partial charge in [-0.25, -0.2) is 4.98 Å². The molecule has 2 fully saturated rings. The molecule has 0 atom stereocenters. The van der Waals surface area contributed by atoms with Gasteiger partial charge in [0.05, 0.1) is 6.33 Å². The predicted molar refractivity (Wildman–Crippen MR) is 73.7 cm³/mol. The summed E-state index contributed by atoms with van der Waals surface area (Å²) in [4.78, 5) is 15.6. The van der Waals surface area contributed by atoms with Crippen molar-refractivity contribution in [3.05, 3.63) is 12.2 Å². The minimum absolute atomic E-state index is 0.344. The lowest BCUT2D eigenvalue weighted by atomic mass is 10.4. The lowest BCUT2D eigenvalue weighted by Crippen LogP contribution is -2.20. The van der Waals surface area contributed by atoms with Crippen LogP contribution in [-0.4, -0.2) is 32.6 Å². The number of fused-ring (bicyclic) bond motifs is 1. The SMILES string of the molecule is Nc1nc(N2CCCC2)c2ncn(C[C]3CC3)c2n1. The Balaban J connectivity index is 1.81. The van der Waals surface area contributed by atoms with Gasteiger partial charge in [0.1, 0.15) is 0 Å². The van der Waals surface area contributed by atoms with E-state index in [0.717, 1.165) is 36.6 Å². The van der Waals surface area contributed by atoms with Crippen molar-refractivity contribution in [3.63, 3.8) is 0 Å². The molecule has 2 aliphatic rings. The molecule has 2 aromatic rings. The highest BCUT2D eigenvalue weighted by atomic mass is 15.3. The van der Waals surface area contributed by atoms with Gasteiger partial charge in [0, 0.05) is 19.6 Å². The number of hydrogen-bond acceptors (Lipinski definition) is 5. The quantitative estimate of drug-likeness (QED) is 0.899. The summed E-state index contributed by atoms with van der Waals surface area (Å²) in [5.74, 6) is 2.80. The van der Waals surface area contributed by atoms with Crippen molar-refractivity contribution in [2.45, 2.75) is 32.2 Å². The molecular weight excluding hydrogens is 240 g/mol. The molecule has 0 amide bonds. The van der Waals surface area contributed by atoms with E-state index < -0.39 is 0 Å². The van der Waals surface area contributed by atoms with Crippen LogP contribution in [0.1, 0.15) is 25.7 Å². The zero-order valence-electron chi connectivity index (χ0n) is 10.8. The van der Waals surface area contributed by atoms with Crippen LogP contribution in [0.5, 0.6) is 0 Å². The molecule has 1 saturated heterocycles. The van der Waals surface area contributed by atoms with Crippen LogP contribution in [0.2, 0.25) is 0 Å². The lowest BCUT2D eigenvalue weighted by Gasteiger charge is -2.16. The molecule has 99 valence electrons. The van der Waals surface area contributed by atoms with Crippen LogP contribution in [0, 0.1) is 5.92 Å². The van der Waals surface area contributed by atoms with Crippen molar-refractivity contribution in [1.29, 1.82) is 0 Å². The molecule has 0 bridgehead atoms. The molecule has 1 radical (unpaired) electrons. The van der Waals surface area contributed by atoms with Gasteiger partial charge in [-0.1, -0.05) is 0 Å². The summed E-state index contributed by atoms with van der Waals surface area (Å²) in [5, 5.41) is 0. The van der Waals surface area contributed by atoms with Crippen LogP contribution >= 0.6 is 0 Å². The smallest absolute Gasteiger partial charge is 0.224 e. The van der Waals surface area contributed by atoms with Crippen molar-refractivity contribution in [2.75, 3.05) is 23.7 Å². The Kier molecular flexibility index (Phi) is 2.36. The van der Waals surface area contributed by atoms with E-state index in [-0.39, 0.29) is 0 Å². The fraction of sp³-hybridized carbons (Fsp3) is 0.538. The number of anilines is 2. The molecule has 0 aromatic carbocycles. The highest BCUT2D eigenvalue weighted by Crippen LogP contribution is 2.35. The molecule has 6 heteroatoms. The molecule has 1 aliphatic carbocycles.